The zero-order valence-electron chi connectivity index (χ0n) is 14.3. The first kappa shape index (κ1) is 17.4. The monoisotopic (exact) mass is 345 g/mol. The number of hydrogen-bond donors (Lipinski definition) is 3. The Balaban J connectivity index is 1.45. The molecule has 1 aromatic rings. The molecule has 3 N–H and O–H groups in total. The molecule has 0 unspecified atom stereocenters. The Morgan fingerprint density at radius 1 is 1.24 bits per heavy atom. The van der Waals surface area contributed by atoms with Gasteiger partial charge in [-0.25, -0.2) is 5.01 Å². The summed E-state index contributed by atoms with van der Waals surface area (Å²) in [5, 5.41) is 4.29. The van der Waals surface area contributed by atoms with Crippen molar-refractivity contribution >= 4 is 17.5 Å². The lowest BCUT2D eigenvalue weighted by Crippen LogP contribution is -3.14. The number of amides is 2. The third-order valence-corrected chi connectivity index (χ3v) is 4.42. The number of carbonyl (C=O) groups is 2. The lowest BCUT2D eigenvalue weighted by atomic mass is 10.1. The molecule has 0 bridgehead atoms. The first-order chi connectivity index (χ1) is 12.2. The minimum Gasteiger partial charge on any atom is -0.370 e. The number of benzene rings is 1. The van der Waals surface area contributed by atoms with Crippen molar-refractivity contribution in [3.63, 3.8) is 0 Å². The number of hydrogen-bond acceptors (Lipinski definition) is 4. The van der Waals surface area contributed by atoms with E-state index in [0.29, 0.717) is 13.0 Å². The molecule has 0 saturated carbocycles. The van der Waals surface area contributed by atoms with Crippen molar-refractivity contribution < 1.29 is 19.2 Å². The molecule has 2 aliphatic heterocycles. The predicted octanol–water partition coefficient (Wildman–Crippen LogP) is -1.20. The molecular weight excluding hydrogens is 320 g/mol. The molecule has 1 saturated heterocycles. The van der Waals surface area contributed by atoms with Crippen LogP contribution < -0.4 is 15.6 Å². The number of ether oxygens (including phenoxy) is 1. The first-order valence-corrected chi connectivity index (χ1v) is 8.73. The molecule has 3 rings (SSSR count). The molecule has 25 heavy (non-hydrogen) atoms. The second-order valence-electron chi connectivity index (χ2n) is 6.24. The highest BCUT2D eigenvalue weighted by Crippen LogP contribution is 2.16. The summed E-state index contributed by atoms with van der Waals surface area (Å²) in [6.45, 7) is 5.03. The van der Waals surface area contributed by atoms with E-state index < -0.39 is 0 Å². The van der Waals surface area contributed by atoms with Crippen LogP contribution >= 0.6 is 0 Å². The zero-order valence-corrected chi connectivity index (χ0v) is 14.3. The summed E-state index contributed by atoms with van der Waals surface area (Å²) < 4.78 is 5.32. The maximum Gasteiger partial charge on any atom is 0.245 e. The Bertz CT molecular complexity index is 626. The van der Waals surface area contributed by atoms with Crippen LogP contribution in [0.15, 0.2) is 36.4 Å². The van der Waals surface area contributed by atoms with Crippen molar-refractivity contribution in [2.75, 3.05) is 45.9 Å². The zero-order chi connectivity index (χ0) is 17.5. The minimum absolute atomic E-state index is 0.0153. The Labute approximate surface area is 147 Å². The van der Waals surface area contributed by atoms with Crippen LogP contribution in [0.5, 0.6) is 0 Å². The number of morpholine rings is 1. The smallest absolute Gasteiger partial charge is 0.245 e. The van der Waals surface area contributed by atoms with Crippen molar-refractivity contribution in [2.24, 2.45) is 0 Å². The van der Waals surface area contributed by atoms with E-state index in [1.165, 1.54) is 9.91 Å². The standard InChI is InChI=1S/C18H24N4O3/c23-17(19-8-9-21-10-12-25-13-11-21)14-22-18(24)7-6-16(20-22)15-4-2-1-3-5-15/h1-6,20H,7-14H2,(H,19,23)/p+1. The third kappa shape index (κ3) is 5.04. The topological polar surface area (TPSA) is 75.1 Å². The number of nitrogens with one attached hydrogen (secondary N) is 3. The van der Waals surface area contributed by atoms with Crippen LogP contribution in [-0.4, -0.2) is 62.8 Å². The summed E-state index contributed by atoms with van der Waals surface area (Å²) in [5.41, 5.74) is 4.90. The van der Waals surface area contributed by atoms with Gasteiger partial charge in [-0.3, -0.25) is 15.0 Å². The van der Waals surface area contributed by atoms with Gasteiger partial charge in [-0.05, 0) is 11.6 Å². The summed E-state index contributed by atoms with van der Waals surface area (Å²) in [4.78, 5) is 25.6. The van der Waals surface area contributed by atoms with Gasteiger partial charge in [0.2, 0.25) is 11.8 Å². The largest absolute Gasteiger partial charge is 0.370 e. The van der Waals surface area contributed by atoms with Gasteiger partial charge in [0, 0.05) is 6.42 Å². The average molecular weight is 345 g/mol. The Kier molecular flexibility index (Phi) is 6.03. The highest BCUT2D eigenvalue weighted by atomic mass is 16.5. The molecule has 134 valence electrons. The summed E-state index contributed by atoms with van der Waals surface area (Å²) >= 11 is 0. The van der Waals surface area contributed by atoms with Gasteiger partial charge < -0.3 is 15.0 Å². The first-order valence-electron chi connectivity index (χ1n) is 8.73. The van der Waals surface area contributed by atoms with Gasteiger partial charge in [-0.1, -0.05) is 30.3 Å². The van der Waals surface area contributed by atoms with E-state index in [2.05, 4.69) is 10.7 Å². The van der Waals surface area contributed by atoms with E-state index in [0.717, 1.165) is 44.1 Å². The van der Waals surface area contributed by atoms with Crippen LogP contribution in [0.3, 0.4) is 0 Å². The van der Waals surface area contributed by atoms with Crippen molar-refractivity contribution in [3.05, 3.63) is 42.0 Å². The molecule has 0 atom stereocenters. The number of nitrogens with zero attached hydrogens (tertiary/aromatic N) is 1. The van der Waals surface area contributed by atoms with Crippen molar-refractivity contribution in [1.82, 2.24) is 15.8 Å². The number of hydrazine groups is 1. The molecule has 7 heteroatoms. The summed E-state index contributed by atoms with van der Waals surface area (Å²) in [5.74, 6) is -0.253. The highest BCUT2D eigenvalue weighted by Gasteiger charge is 2.22. The average Bonchev–Trinajstić information content (AvgIpc) is 2.65. The molecule has 1 aromatic carbocycles. The number of quaternary nitrogens is 1. The number of rotatable bonds is 6. The molecule has 2 aliphatic rings. The van der Waals surface area contributed by atoms with Crippen LogP contribution in [0, 0.1) is 0 Å². The van der Waals surface area contributed by atoms with Crippen LogP contribution in [0.25, 0.3) is 5.70 Å². The van der Waals surface area contributed by atoms with E-state index in [1.54, 1.807) is 0 Å². The highest BCUT2D eigenvalue weighted by molar-refractivity contribution is 5.88. The van der Waals surface area contributed by atoms with E-state index in [4.69, 9.17) is 4.74 Å². The van der Waals surface area contributed by atoms with Gasteiger partial charge in [0.05, 0.1) is 32.0 Å². The van der Waals surface area contributed by atoms with Crippen LogP contribution in [-0.2, 0) is 14.3 Å². The van der Waals surface area contributed by atoms with Crippen LogP contribution in [0.4, 0.5) is 0 Å². The molecule has 0 aliphatic carbocycles. The molecule has 0 spiro atoms. The molecule has 7 nitrogen and oxygen atoms in total. The fourth-order valence-corrected chi connectivity index (χ4v) is 2.97. The third-order valence-electron chi connectivity index (χ3n) is 4.42. The van der Waals surface area contributed by atoms with E-state index in [-0.39, 0.29) is 18.4 Å². The fourth-order valence-electron chi connectivity index (χ4n) is 2.97. The van der Waals surface area contributed by atoms with Crippen LogP contribution in [0.2, 0.25) is 0 Å². The summed E-state index contributed by atoms with van der Waals surface area (Å²) in [6, 6.07) is 9.77. The van der Waals surface area contributed by atoms with Crippen molar-refractivity contribution in [3.8, 4) is 0 Å². The molecule has 0 radical (unpaired) electrons. The lowest BCUT2D eigenvalue weighted by molar-refractivity contribution is -0.906. The maximum absolute atomic E-state index is 12.1. The molecule has 2 amide bonds. The maximum atomic E-state index is 12.1. The van der Waals surface area contributed by atoms with Crippen molar-refractivity contribution in [2.45, 2.75) is 6.42 Å². The molecular formula is C18H25N4O3+. The molecule has 1 fully saturated rings. The van der Waals surface area contributed by atoms with Gasteiger partial charge in [0.15, 0.2) is 0 Å². The van der Waals surface area contributed by atoms with Gasteiger partial charge in [0.1, 0.15) is 19.6 Å². The quantitative estimate of drug-likeness (QED) is 0.605. The van der Waals surface area contributed by atoms with E-state index in [9.17, 15) is 9.59 Å². The van der Waals surface area contributed by atoms with Gasteiger partial charge in [-0.15, -0.1) is 0 Å². The molecule has 2 heterocycles. The van der Waals surface area contributed by atoms with E-state index in [1.807, 2.05) is 36.4 Å². The second-order valence-corrected chi connectivity index (χ2v) is 6.24. The SMILES string of the molecule is O=C(CN1NC(c2ccccc2)=CCC1=O)NCC[NH+]1CCOCC1. The van der Waals surface area contributed by atoms with Gasteiger partial charge in [-0.2, -0.15) is 0 Å². The predicted molar refractivity (Wildman–Crippen MR) is 93.3 cm³/mol. The van der Waals surface area contributed by atoms with Crippen LogP contribution in [0.1, 0.15) is 12.0 Å². The van der Waals surface area contributed by atoms with Gasteiger partial charge in [0.25, 0.3) is 0 Å². The van der Waals surface area contributed by atoms with Crippen molar-refractivity contribution in [1.29, 1.82) is 0 Å². The normalized spacial score (nSPS) is 18.5. The molecule has 0 aromatic heterocycles. The summed E-state index contributed by atoms with van der Waals surface area (Å²) in [7, 11) is 0. The second kappa shape index (κ2) is 8.64. The van der Waals surface area contributed by atoms with E-state index >= 15 is 0 Å². The van der Waals surface area contributed by atoms with Gasteiger partial charge >= 0.3 is 0 Å². The Morgan fingerprint density at radius 2 is 2.00 bits per heavy atom. The minimum atomic E-state index is -0.150. The fraction of sp³-hybridized carbons (Fsp3) is 0.444. The lowest BCUT2D eigenvalue weighted by Gasteiger charge is -2.29. The number of carbonyl (C=O) groups excluding carboxylic acids is 2. The summed E-state index contributed by atoms with van der Waals surface area (Å²) in [6.07, 6.45) is 2.15. The Morgan fingerprint density at radius 3 is 2.76 bits per heavy atom. The Hall–Kier alpha value is -2.38.